The first-order valence-corrected chi connectivity index (χ1v) is 8.61. The molecule has 1 aliphatic carbocycles. The van der Waals surface area contributed by atoms with E-state index in [1.807, 2.05) is 20.8 Å². The van der Waals surface area contributed by atoms with Crippen molar-refractivity contribution < 1.29 is 9.53 Å². The summed E-state index contributed by atoms with van der Waals surface area (Å²) in [5.74, 6) is 0. The molecule has 1 aliphatic rings. The van der Waals surface area contributed by atoms with Gasteiger partial charge >= 0.3 is 6.09 Å². The van der Waals surface area contributed by atoms with Gasteiger partial charge < -0.3 is 15.4 Å². The number of amides is 1. The molecule has 0 radical (unpaired) electrons. The number of carbonyl (C=O) groups excluding carboxylic acids is 1. The van der Waals surface area contributed by atoms with Crippen molar-refractivity contribution in [3.63, 3.8) is 0 Å². The Labute approximate surface area is 140 Å². The van der Waals surface area contributed by atoms with Crippen LogP contribution in [0.5, 0.6) is 0 Å². The van der Waals surface area contributed by atoms with Gasteiger partial charge in [-0.1, -0.05) is 24.3 Å². The number of carbonyl (C=O) groups is 1. The second-order valence-corrected chi connectivity index (χ2v) is 7.48. The van der Waals surface area contributed by atoms with Crippen LogP contribution in [0.15, 0.2) is 24.3 Å². The zero-order valence-corrected chi connectivity index (χ0v) is 14.8. The Morgan fingerprint density at radius 2 is 1.91 bits per heavy atom. The molecular formula is C19H30N2O2. The van der Waals surface area contributed by atoms with Gasteiger partial charge in [0.25, 0.3) is 0 Å². The van der Waals surface area contributed by atoms with Crippen molar-refractivity contribution in [3.8, 4) is 0 Å². The van der Waals surface area contributed by atoms with Crippen LogP contribution in [0, 0.1) is 6.92 Å². The number of aryl methyl sites for hydroxylation is 1. The van der Waals surface area contributed by atoms with Crippen molar-refractivity contribution in [1.82, 2.24) is 10.6 Å². The zero-order chi connectivity index (χ0) is 16.9. The first-order valence-electron chi connectivity index (χ1n) is 8.61. The molecule has 0 saturated heterocycles. The van der Waals surface area contributed by atoms with Gasteiger partial charge in [0, 0.05) is 12.1 Å². The quantitative estimate of drug-likeness (QED) is 0.872. The average Bonchev–Trinajstić information content (AvgIpc) is 2.86. The molecule has 2 atom stereocenters. The predicted molar refractivity (Wildman–Crippen MR) is 93.7 cm³/mol. The van der Waals surface area contributed by atoms with E-state index in [4.69, 9.17) is 4.74 Å². The second-order valence-electron chi connectivity index (χ2n) is 7.48. The number of ether oxygens (including phenoxy) is 1. The van der Waals surface area contributed by atoms with Gasteiger partial charge in [-0.3, -0.25) is 0 Å². The molecule has 1 aromatic rings. The van der Waals surface area contributed by atoms with Crippen LogP contribution in [0.2, 0.25) is 0 Å². The van der Waals surface area contributed by atoms with Crippen LogP contribution in [0.25, 0.3) is 0 Å². The molecule has 0 bridgehead atoms. The van der Waals surface area contributed by atoms with Crippen LogP contribution < -0.4 is 10.6 Å². The van der Waals surface area contributed by atoms with Crippen LogP contribution >= 0.6 is 0 Å². The fourth-order valence-electron chi connectivity index (χ4n) is 3.07. The van der Waals surface area contributed by atoms with Crippen molar-refractivity contribution in [2.45, 2.75) is 71.1 Å². The minimum atomic E-state index is -0.437. The first kappa shape index (κ1) is 17.8. The molecule has 0 heterocycles. The summed E-state index contributed by atoms with van der Waals surface area (Å²) in [5.41, 5.74) is 2.32. The van der Waals surface area contributed by atoms with Crippen LogP contribution in [0.4, 0.5) is 4.79 Å². The minimum Gasteiger partial charge on any atom is -0.444 e. The fraction of sp³-hybridized carbons (Fsp3) is 0.632. The Kier molecular flexibility index (Phi) is 6.05. The van der Waals surface area contributed by atoms with Crippen LogP contribution in [-0.4, -0.2) is 30.3 Å². The van der Waals surface area contributed by atoms with E-state index >= 15 is 0 Å². The smallest absolute Gasteiger partial charge is 0.407 e. The van der Waals surface area contributed by atoms with Crippen LogP contribution in [0.3, 0.4) is 0 Å². The van der Waals surface area contributed by atoms with Crippen molar-refractivity contribution >= 4 is 6.09 Å². The highest BCUT2D eigenvalue weighted by molar-refractivity contribution is 5.68. The summed E-state index contributed by atoms with van der Waals surface area (Å²) in [7, 11) is 0. The summed E-state index contributed by atoms with van der Waals surface area (Å²) < 4.78 is 5.32. The van der Waals surface area contributed by atoms with Gasteiger partial charge in [0.15, 0.2) is 0 Å². The van der Waals surface area contributed by atoms with Crippen LogP contribution in [-0.2, 0) is 11.2 Å². The third kappa shape index (κ3) is 6.22. The molecule has 0 spiro atoms. The van der Waals surface area contributed by atoms with Gasteiger partial charge in [-0.15, -0.1) is 0 Å². The van der Waals surface area contributed by atoms with Crippen molar-refractivity contribution in [3.05, 3.63) is 35.4 Å². The Hall–Kier alpha value is -1.55. The van der Waals surface area contributed by atoms with E-state index in [0.29, 0.717) is 6.04 Å². The summed E-state index contributed by atoms with van der Waals surface area (Å²) >= 11 is 0. The molecule has 4 heteroatoms. The minimum absolute atomic E-state index is 0.223. The van der Waals surface area contributed by atoms with Gasteiger partial charge in [0.1, 0.15) is 5.60 Å². The fourth-order valence-corrected chi connectivity index (χ4v) is 3.07. The maximum absolute atomic E-state index is 11.8. The lowest BCUT2D eigenvalue weighted by Crippen LogP contribution is -2.39. The molecule has 1 fully saturated rings. The van der Waals surface area contributed by atoms with Gasteiger partial charge in [-0.25, -0.2) is 4.79 Å². The topological polar surface area (TPSA) is 50.4 Å². The Morgan fingerprint density at radius 3 is 2.61 bits per heavy atom. The predicted octanol–water partition coefficient (Wildman–Crippen LogP) is 3.57. The maximum atomic E-state index is 11.8. The normalized spacial score (nSPS) is 21.2. The number of benzene rings is 1. The molecule has 0 aliphatic heterocycles. The Morgan fingerprint density at radius 1 is 1.22 bits per heavy atom. The van der Waals surface area contributed by atoms with E-state index in [9.17, 15) is 4.79 Å². The molecular weight excluding hydrogens is 288 g/mol. The molecule has 1 saturated carbocycles. The number of nitrogens with one attached hydrogen (secondary N) is 2. The average molecular weight is 318 g/mol. The Bertz CT molecular complexity index is 522. The molecule has 4 nitrogen and oxygen atoms in total. The second kappa shape index (κ2) is 7.82. The molecule has 1 amide bonds. The van der Waals surface area contributed by atoms with E-state index < -0.39 is 5.60 Å². The van der Waals surface area contributed by atoms with E-state index in [-0.39, 0.29) is 12.1 Å². The Balaban J connectivity index is 1.67. The van der Waals surface area contributed by atoms with E-state index in [1.54, 1.807) is 0 Å². The number of rotatable bonds is 5. The SMILES string of the molecule is Cc1ccccc1CCNC1CCC(NC(=O)OC(C)(C)C)C1. The van der Waals surface area contributed by atoms with Gasteiger partial charge in [-0.05, 0) is 71.0 Å². The molecule has 23 heavy (non-hydrogen) atoms. The van der Waals surface area contributed by atoms with E-state index in [1.165, 1.54) is 11.1 Å². The van der Waals surface area contributed by atoms with Gasteiger partial charge in [0.05, 0.1) is 0 Å². The highest BCUT2D eigenvalue weighted by Crippen LogP contribution is 2.20. The lowest BCUT2D eigenvalue weighted by atomic mass is 10.1. The summed E-state index contributed by atoms with van der Waals surface area (Å²) in [6.45, 7) is 8.80. The lowest BCUT2D eigenvalue weighted by Gasteiger charge is -2.22. The van der Waals surface area contributed by atoms with Crippen molar-refractivity contribution in [2.75, 3.05) is 6.54 Å². The molecule has 0 aromatic heterocycles. The van der Waals surface area contributed by atoms with Crippen molar-refractivity contribution in [1.29, 1.82) is 0 Å². The van der Waals surface area contributed by atoms with E-state index in [0.717, 1.165) is 32.2 Å². The lowest BCUT2D eigenvalue weighted by molar-refractivity contribution is 0.0505. The largest absolute Gasteiger partial charge is 0.444 e. The number of hydrogen-bond acceptors (Lipinski definition) is 3. The van der Waals surface area contributed by atoms with Crippen LogP contribution in [0.1, 0.15) is 51.2 Å². The molecule has 128 valence electrons. The van der Waals surface area contributed by atoms with E-state index in [2.05, 4.69) is 41.8 Å². The summed E-state index contributed by atoms with van der Waals surface area (Å²) in [6.07, 6.45) is 3.85. The first-order chi connectivity index (χ1) is 10.8. The summed E-state index contributed by atoms with van der Waals surface area (Å²) in [5, 5.41) is 6.60. The molecule has 2 rings (SSSR count). The summed E-state index contributed by atoms with van der Waals surface area (Å²) in [4.78, 5) is 11.8. The van der Waals surface area contributed by atoms with Gasteiger partial charge in [0.2, 0.25) is 0 Å². The van der Waals surface area contributed by atoms with Crippen molar-refractivity contribution in [2.24, 2.45) is 0 Å². The van der Waals surface area contributed by atoms with Gasteiger partial charge in [-0.2, -0.15) is 0 Å². The molecule has 1 aromatic carbocycles. The maximum Gasteiger partial charge on any atom is 0.407 e. The molecule has 2 N–H and O–H groups in total. The standard InChI is InChI=1S/C19H30N2O2/c1-14-7-5-6-8-15(14)11-12-20-16-9-10-17(13-16)21-18(22)23-19(2,3)4/h5-8,16-17,20H,9-13H2,1-4H3,(H,21,22). The number of alkyl carbamates (subject to hydrolysis) is 1. The monoisotopic (exact) mass is 318 g/mol. The third-order valence-corrected chi connectivity index (χ3v) is 4.24. The third-order valence-electron chi connectivity index (χ3n) is 4.24. The highest BCUT2D eigenvalue weighted by Gasteiger charge is 2.27. The zero-order valence-electron chi connectivity index (χ0n) is 14.8. The summed E-state index contributed by atoms with van der Waals surface area (Å²) in [6, 6.07) is 9.23. The molecule has 2 unspecified atom stereocenters. The highest BCUT2D eigenvalue weighted by atomic mass is 16.6. The number of hydrogen-bond donors (Lipinski definition) is 2.